The predicted octanol–water partition coefficient (Wildman–Crippen LogP) is 4.52. The lowest BCUT2D eigenvalue weighted by Crippen LogP contribution is -2.34. The van der Waals surface area contributed by atoms with E-state index in [0.29, 0.717) is 18.1 Å². The Labute approximate surface area is 184 Å². The molecule has 31 heavy (non-hydrogen) atoms. The van der Waals surface area contributed by atoms with Gasteiger partial charge < -0.3 is 19.7 Å². The molecular formula is C25H32N2O4. The lowest BCUT2D eigenvalue weighted by atomic mass is 10.1. The van der Waals surface area contributed by atoms with Crippen LogP contribution in [0.3, 0.4) is 0 Å². The number of benzene rings is 2. The number of anilines is 1. The summed E-state index contributed by atoms with van der Waals surface area (Å²) < 4.78 is 11.0. The highest BCUT2D eigenvalue weighted by atomic mass is 16.5. The number of rotatable bonds is 9. The molecule has 0 unspecified atom stereocenters. The lowest BCUT2D eigenvalue weighted by Gasteiger charge is -2.17. The van der Waals surface area contributed by atoms with Gasteiger partial charge in [0.15, 0.2) is 11.5 Å². The van der Waals surface area contributed by atoms with Gasteiger partial charge in [-0.3, -0.25) is 9.59 Å². The Hall–Kier alpha value is -3.28. The summed E-state index contributed by atoms with van der Waals surface area (Å²) in [7, 11) is 3.18. The van der Waals surface area contributed by atoms with Gasteiger partial charge in [-0.2, -0.15) is 0 Å². The van der Waals surface area contributed by atoms with Crippen molar-refractivity contribution in [3.05, 3.63) is 58.7 Å². The zero-order chi connectivity index (χ0) is 23.0. The molecule has 0 aliphatic heterocycles. The highest BCUT2D eigenvalue weighted by molar-refractivity contribution is 5.98. The topological polar surface area (TPSA) is 67.9 Å². The number of carbonyl (C=O) groups is 2. The van der Waals surface area contributed by atoms with Crippen LogP contribution in [0.2, 0.25) is 0 Å². The number of methoxy groups -OCH3 is 1. The number of hydrogen-bond donors (Lipinski definition) is 1. The molecular weight excluding hydrogens is 392 g/mol. The van der Waals surface area contributed by atoms with Crippen molar-refractivity contribution in [2.75, 3.05) is 32.6 Å². The first-order valence-electron chi connectivity index (χ1n) is 10.4. The molecule has 1 N–H and O–H groups in total. The monoisotopic (exact) mass is 424 g/mol. The van der Waals surface area contributed by atoms with E-state index in [1.54, 1.807) is 20.2 Å². The number of aryl methyl sites for hydroxylation is 3. The van der Waals surface area contributed by atoms with Crippen molar-refractivity contribution >= 4 is 23.6 Å². The summed E-state index contributed by atoms with van der Waals surface area (Å²) in [5.74, 6) is 0.777. The number of nitrogens with zero attached hydrogens (tertiary/aromatic N) is 1. The summed E-state index contributed by atoms with van der Waals surface area (Å²) >= 11 is 0. The molecule has 0 aliphatic rings. The molecule has 0 spiro atoms. The van der Waals surface area contributed by atoms with Gasteiger partial charge in [-0.1, -0.05) is 30.7 Å². The van der Waals surface area contributed by atoms with Gasteiger partial charge in [0.05, 0.1) is 20.3 Å². The van der Waals surface area contributed by atoms with E-state index >= 15 is 0 Å². The van der Waals surface area contributed by atoms with Crippen molar-refractivity contribution in [3.63, 3.8) is 0 Å². The molecule has 2 aromatic rings. The molecule has 0 heterocycles. The maximum Gasteiger partial charge on any atom is 0.246 e. The van der Waals surface area contributed by atoms with Gasteiger partial charge in [0, 0.05) is 18.8 Å². The predicted molar refractivity (Wildman–Crippen MR) is 125 cm³/mol. The third-order valence-corrected chi connectivity index (χ3v) is 4.77. The van der Waals surface area contributed by atoms with Gasteiger partial charge in [-0.15, -0.1) is 0 Å². The van der Waals surface area contributed by atoms with Crippen LogP contribution in [-0.4, -0.2) is 44.0 Å². The highest BCUT2D eigenvalue weighted by Gasteiger charge is 2.13. The lowest BCUT2D eigenvalue weighted by molar-refractivity contribution is -0.129. The van der Waals surface area contributed by atoms with E-state index in [2.05, 4.69) is 5.32 Å². The Morgan fingerprint density at radius 1 is 1.06 bits per heavy atom. The summed E-state index contributed by atoms with van der Waals surface area (Å²) in [5.41, 5.74) is 4.74. The maximum absolute atomic E-state index is 12.4. The average Bonchev–Trinajstić information content (AvgIpc) is 2.73. The Morgan fingerprint density at radius 3 is 2.35 bits per heavy atom. The molecule has 0 saturated carbocycles. The molecule has 0 aliphatic carbocycles. The van der Waals surface area contributed by atoms with Crippen LogP contribution in [0.4, 0.5) is 5.69 Å². The van der Waals surface area contributed by atoms with Gasteiger partial charge in [0.25, 0.3) is 0 Å². The fraction of sp³-hybridized carbons (Fsp3) is 0.360. The summed E-state index contributed by atoms with van der Waals surface area (Å²) in [4.78, 5) is 26.3. The van der Waals surface area contributed by atoms with Crippen LogP contribution in [0, 0.1) is 20.8 Å². The normalized spacial score (nSPS) is 10.8. The second-order valence-corrected chi connectivity index (χ2v) is 7.61. The molecule has 2 rings (SSSR count). The zero-order valence-electron chi connectivity index (χ0n) is 19.2. The molecule has 2 amide bonds. The van der Waals surface area contributed by atoms with E-state index in [1.165, 1.54) is 11.0 Å². The first kappa shape index (κ1) is 24.0. The molecule has 6 nitrogen and oxygen atoms in total. The SMILES string of the molecule is CCCOc1ccc(/C=C/C(=O)N(C)CC(=O)Nc2c(C)cc(C)cc2C)cc1OC. The minimum absolute atomic E-state index is 0.0386. The van der Waals surface area contributed by atoms with E-state index in [4.69, 9.17) is 9.47 Å². The van der Waals surface area contributed by atoms with Gasteiger partial charge in [-0.25, -0.2) is 0 Å². The first-order chi connectivity index (χ1) is 14.7. The number of amides is 2. The second-order valence-electron chi connectivity index (χ2n) is 7.61. The minimum atomic E-state index is -0.266. The largest absolute Gasteiger partial charge is 0.493 e. The highest BCUT2D eigenvalue weighted by Crippen LogP contribution is 2.28. The van der Waals surface area contributed by atoms with E-state index in [-0.39, 0.29) is 18.4 Å². The van der Waals surface area contributed by atoms with E-state index in [1.807, 2.05) is 58.0 Å². The second kappa shape index (κ2) is 11.2. The Bertz CT molecular complexity index is 943. The summed E-state index contributed by atoms with van der Waals surface area (Å²) in [6.07, 6.45) is 4.04. The molecule has 2 aromatic carbocycles. The number of hydrogen-bond acceptors (Lipinski definition) is 4. The fourth-order valence-corrected chi connectivity index (χ4v) is 3.26. The van der Waals surface area contributed by atoms with Gasteiger partial charge in [-0.05, 0) is 62.1 Å². The fourth-order valence-electron chi connectivity index (χ4n) is 3.26. The van der Waals surface area contributed by atoms with Crippen LogP contribution >= 0.6 is 0 Å². The molecule has 0 aromatic heterocycles. The molecule has 0 fully saturated rings. The Morgan fingerprint density at radius 2 is 1.74 bits per heavy atom. The molecule has 0 bridgehead atoms. The van der Waals surface area contributed by atoms with E-state index < -0.39 is 0 Å². The summed E-state index contributed by atoms with van der Waals surface area (Å²) in [6, 6.07) is 9.53. The van der Waals surface area contributed by atoms with Crippen LogP contribution in [0.1, 0.15) is 35.6 Å². The molecule has 6 heteroatoms. The van der Waals surface area contributed by atoms with Crippen molar-refractivity contribution in [1.82, 2.24) is 4.90 Å². The molecule has 0 radical (unpaired) electrons. The summed E-state index contributed by atoms with van der Waals surface area (Å²) in [6.45, 7) is 8.54. The van der Waals surface area contributed by atoms with Gasteiger partial charge >= 0.3 is 0 Å². The standard InChI is InChI=1S/C25H32N2O4/c1-7-12-31-21-10-8-20(15-22(21)30-6)9-11-24(29)27(5)16-23(28)26-25-18(3)13-17(2)14-19(25)4/h8-11,13-15H,7,12,16H2,1-6H3,(H,26,28)/b11-9+. The average molecular weight is 425 g/mol. The minimum Gasteiger partial charge on any atom is -0.493 e. The number of likely N-dealkylation sites (N-methyl/N-ethyl adjacent to an activating group) is 1. The van der Waals surface area contributed by atoms with Crippen LogP contribution in [0.25, 0.3) is 6.08 Å². The van der Waals surface area contributed by atoms with Crippen molar-refractivity contribution in [1.29, 1.82) is 0 Å². The first-order valence-corrected chi connectivity index (χ1v) is 10.4. The van der Waals surface area contributed by atoms with Crippen molar-refractivity contribution in [2.24, 2.45) is 0 Å². The molecule has 166 valence electrons. The number of ether oxygens (including phenoxy) is 2. The third kappa shape index (κ3) is 6.88. The summed E-state index contributed by atoms with van der Waals surface area (Å²) in [5, 5.41) is 2.92. The quantitative estimate of drug-likeness (QED) is 0.601. The van der Waals surface area contributed by atoms with Crippen LogP contribution < -0.4 is 14.8 Å². The van der Waals surface area contributed by atoms with E-state index in [0.717, 1.165) is 34.4 Å². The Kier molecular flexibility index (Phi) is 8.67. The number of carbonyl (C=O) groups excluding carboxylic acids is 2. The van der Waals surface area contributed by atoms with Crippen molar-refractivity contribution in [2.45, 2.75) is 34.1 Å². The Balaban J connectivity index is 1.99. The smallest absolute Gasteiger partial charge is 0.246 e. The zero-order valence-corrected chi connectivity index (χ0v) is 19.2. The third-order valence-electron chi connectivity index (χ3n) is 4.77. The maximum atomic E-state index is 12.4. The number of nitrogens with one attached hydrogen (secondary N) is 1. The van der Waals surface area contributed by atoms with Gasteiger partial charge in [0.2, 0.25) is 11.8 Å². The van der Waals surface area contributed by atoms with Gasteiger partial charge in [0.1, 0.15) is 0 Å². The molecule has 0 atom stereocenters. The van der Waals surface area contributed by atoms with E-state index in [9.17, 15) is 9.59 Å². The van der Waals surface area contributed by atoms with Crippen molar-refractivity contribution < 1.29 is 19.1 Å². The van der Waals surface area contributed by atoms with Crippen molar-refractivity contribution in [3.8, 4) is 11.5 Å². The molecule has 0 saturated heterocycles. The van der Waals surface area contributed by atoms with Crippen LogP contribution in [0.15, 0.2) is 36.4 Å². The van der Waals surface area contributed by atoms with Crippen LogP contribution in [0.5, 0.6) is 11.5 Å². The van der Waals surface area contributed by atoms with Crippen LogP contribution in [-0.2, 0) is 9.59 Å².